The van der Waals surface area contributed by atoms with Crippen LogP contribution in [0.1, 0.15) is 18.5 Å². The van der Waals surface area contributed by atoms with E-state index >= 15 is 0 Å². The summed E-state index contributed by atoms with van der Waals surface area (Å²) in [6, 6.07) is 16.3. The predicted octanol–water partition coefficient (Wildman–Crippen LogP) is 4.42. The van der Waals surface area contributed by atoms with Crippen molar-refractivity contribution < 1.29 is 9.47 Å². The third-order valence-corrected chi connectivity index (χ3v) is 4.93. The lowest BCUT2D eigenvalue weighted by Gasteiger charge is -2.20. The van der Waals surface area contributed by atoms with E-state index in [0.29, 0.717) is 13.2 Å². The Labute approximate surface area is 170 Å². The fourth-order valence-corrected chi connectivity index (χ4v) is 3.55. The molecular formula is C24H23N3O2. The number of benzene rings is 2. The standard InChI is InChI=1S/C24H23N3O2/c1-3-13-29-20-11-9-18(10-12-20)14-19(16-28-4-2)27-17-26-23-15-25-22-8-6-5-7-21(22)24(23)27/h1,5-12,15,17,19H,4,13-14,16H2,2H3/t19-/m0/s1. The number of hydrogen-bond donors (Lipinski definition) is 0. The maximum absolute atomic E-state index is 5.82. The molecule has 0 spiro atoms. The Morgan fingerprint density at radius 2 is 1.90 bits per heavy atom. The van der Waals surface area contributed by atoms with Crippen LogP contribution in [0.5, 0.6) is 5.75 Å². The van der Waals surface area contributed by atoms with Crippen molar-refractivity contribution in [2.45, 2.75) is 19.4 Å². The van der Waals surface area contributed by atoms with Gasteiger partial charge >= 0.3 is 0 Å². The van der Waals surface area contributed by atoms with Gasteiger partial charge in [-0.2, -0.15) is 0 Å². The van der Waals surface area contributed by atoms with Gasteiger partial charge < -0.3 is 14.0 Å². The molecule has 1 atom stereocenters. The molecule has 0 amide bonds. The van der Waals surface area contributed by atoms with Gasteiger partial charge in [-0.1, -0.05) is 36.3 Å². The molecule has 0 fully saturated rings. The summed E-state index contributed by atoms with van der Waals surface area (Å²) in [4.78, 5) is 9.12. The van der Waals surface area contributed by atoms with Crippen molar-refractivity contribution >= 4 is 21.9 Å². The molecule has 0 aliphatic carbocycles. The first-order chi connectivity index (χ1) is 14.3. The molecule has 0 N–H and O–H groups in total. The zero-order valence-corrected chi connectivity index (χ0v) is 16.4. The van der Waals surface area contributed by atoms with E-state index in [1.54, 1.807) is 0 Å². The van der Waals surface area contributed by atoms with Gasteiger partial charge in [-0.05, 0) is 37.1 Å². The molecular weight excluding hydrogens is 362 g/mol. The average Bonchev–Trinajstić information content (AvgIpc) is 3.20. The van der Waals surface area contributed by atoms with Crippen LogP contribution in [0.4, 0.5) is 0 Å². The monoisotopic (exact) mass is 385 g/mol. The highest BCUT2D eigenvalue weighted by Gasteiger charge is 2.17. The van der Waals surface area contributed by atoms with Crippen LogP contribution in [-0.4, -0.2) is 34.4 Å². The second-order valence-corrected chi connectivity index (χ2v) is 6.82. The largest absolute Gasteiger partial charge is 0.481 e. The normalized spacial score (nSPS) is 12.1. The fourth-order valence-electron chi connectivity index (χ4n) is 3.55. The van der Waals surface area contributed by atoms with Gasteiger partial charge in [0.1, 0.15) is 17.9 Å². The maximum Gasteiger partial charge on any atom is 0.148 e. The summed E-state index contributed by atoms with van der Waals surface area (Å²) in [6.45, 7) is 3.56. The average molecular weight is 385 g/mol. The first kappa shape index (κ1) is 19.0. The van der Waals surface area contributed by atoms with E-state index in [2.05, 4.69) is 38.7 Å². The van der Waals surface area contributed by atoms with Crippen LogP contribution < -0.4 is 4.74 Å². The number of hydrogen-bond acceptors (Lipinski definition) is 4. The highest BCUT2D eigenvalue weighted by Crippen LogP contribution is 2.27. The van der Waals surface area contributed by atoms with E-state index in [4.69, 9.17) is 15.9 Å². The predicted molar refractivity (Wildman–Crippen MR) is 115 cm³/mol. The molecule has 5 heteroatoms. The second-order valence-electron chi connectivity index (χ2n) is 6.82. The van der Waals surface area contributed by atoms with E-state index < -0.39 is 0 Å². The van der Waals surface area contributed by atoms with E-state index in [9.17, 15) is 0 Å². The van der Waals surface area contributed by atoms with Gasteiger partial charge in [-0.3, -0.25) is 4.98 Å². The summed E-state index contributed by atoms with van der Waals surface area (Å²) in [7, 11) is 0. The second kappa shape index (κ2) is 8.76. The zero-order chi connectivity index (χ0) is 20.1. The molecule has 4 aromatic rings. The molecule has 0 saturated carbocycles. The number of rotatable bonds is 8. The molecule has 146 valence electrons. The Bertz CT molecular complexity index is 1140. The maximum atomic E-state index is 5.82. The van der Waals surface area contributed by atoms with Crippen LogP contribution in [0.2, 0.25) is 0 Å². The SMILES string of the molecule is C#CCOc1ccc(C[C@@H](COCC)n2cnc3cnc4ccccc4c32)cc1. The van der Waals surface area contributed by atoms with Gasteiger partial charge in [0.25, 0.3) is 0 Å². The smallest absolute Gasteiger partial charge is 0.148 e. The van der Waals surface area contributed by atoms with E-state index in [1.165, 1.54) is 5.56 Å². The molecule has 0 bridgehead atoms. The number of nitrogens with zero attached hydrogens (tertiary/aromatic N) is 3. The number of terminal acetylenes is 1. The highest BCUT2D eigenvalue weighted by atomic mass is 16.5. The number of aromatic nitrogens is 3. The van der Waals surface area contributed by atoms with Gasteiger partial charge in [0.2, 0.25) is 0 Å². The molecule has 2 aromatic carbocycles. The van der Waals surface area contributed by atoms with Crippen LogP contribution in [0, 0.1) is 12.3 Å². The summed E-state index contributed by atoms with van der Waals surface area (Å²) >= 11 is 0. The van der Waals surface area contributed by atoms with Crippen LogP contribution in [0.25, 0.3) is 21.9 Å². The van der Waals surface area contributed by atoms with Crippen molar-refractivity contribution in [3.05, 3.63) is 66.6 Å². The third kappa shape index (κ3) is 4.08. The molecule has 2 aromatic heterocycles. The van der Waals surface area contributed by atoms with Gasteiger partial charge in [0.15, 0.2) is 0 Å². The van der Waals surface area contributed by atoms with Crippen molar-refractivity contribution in [1.82, 2.24) is 14.5 Å². The molecule has 0 saturated heterocycles. The van der Waals surface area contributed by atoms with Crippen molar-refractivity contribution in [1.29, 1.82) is 0 Å². The minimum Gasteiger partial charge on any atom is -0.481 e. The number of ether oxygens (including phenoxy) is 2. The molecule has 4 rings (SSSR count). The summed E-state index contributed by atoms with van der Waals surface area (Å²) in [6.07, 6.45) is 9.81. The molecule has 29 heavy (non-hydrogen) atoms. The first-order valence-corrected chi connectivity index (χ1v) is 9.73. The minimum absolute atomic E-state index is 0.114. The lowest BCUT2D eigenvalue weighted by molar-refractivity contribution is 0.114. The molecule has 0 unspecified atom stereocenters. The zero-order valence-electron chi connectivity index (χ0n) is 16.4. The van der Waals surface area contributed by atoms with Crippen molar-refractivity contribution in [2.24, 2.45) is 0 Å². The minimum atomic E-state index is 0.114. The highest BCUT2D eigenvalue weighted by molar-refractivity contribution is 6.02. The van der Waals surface area contributed by atoms with E-state index in [0.717, 1.165) is 34.1 Å². The first-order valence-electron chi connectivity index (χ1n) is 9.73. The Hall–Kier alpha value is -3.36. The lowest BCUT2D eigenvalue weighted by atomic mass is 10.1. The van der Waals surface area contributed by atoms with Gasteiger partial charge in [-0.15, -0.1) is 6.42 Å². The molecule has 0 radical (unpaired) electrons. The number of para-hydroxylation sites is 1. The fraction of sp³-hybridized carbons (Fsp3) is 0.250. The van der Waals surface area contributed by atoms with Crippen LogP contribution in [-0.2, 0) is 11.2 Å². The van der Waals surface area contributed by atoms with Gasteiger partial charge in [0, 0.05) is 12.0 Å². The quantitative estimate of drug-likeness (QED) is 0.422. The van der Waals surface area contributed by atoms with Crippen LogP contribution in [0.3, 0.4) is 0 Å². The summed E-state index contributed by atoms with van der Waals surface area (Å²) < 4.78 is 13.5. The Balaban J connectivity index is 1.68. The Kier molecular flexibility index (Phi) is 5.73. The molecule has 2 heterocycles. The number of pyridine rings is 1. The number of imidazole rings is 1. The molecule has 0 aliphatic heterocycles. The van der Waals surface area contributed by atoms with Crippen molar-refractivity contribution in [2.75, 3.05) is 19.8 Å². The van der Waals surface area contributed by atoms with Crippen molar-refractivity contribution in [3.63, 3.8) is 0 Å². The van der Waals surface area contributed by atoms with E-state index in [1.807, 2.05) is 49.8 Å². The Morgan fingerprint density at radius 1 is 1.07 bits per heavy atom. The molecule has 5 nitrogen and oxygen atoms in total. The molecule has 0 aliphatic rings. The summed E-state index contributed by atoms with van der Waals surface area (Å²) in [5.41, 5.74) is 4.15. The third-order valence-electron chi connectivity index (χ3n) is 4.93. The van der Waals surface area contributed by atoms with Crippen LogP contribution >= 0.6 is 0 Å². The van der Waals surface area contributed by atoms with Gasteiger partial charge in [0.05, 0.1) is 36.2 Å². The Morgan fingerprint density at radius 3 is 2.69 bits per heavy atom. The topological polar surface area (TPSA) is 49.2 Å². The van der Waals surface area contributed by atoms with Crippen molar-refractivity contribution in [3.8, 4) is 18.1 Å². The van der Waals surface area contributed by atoms with Gasteiger partial charge in [-0.25, -0.2) is 4.98 Å². The van der Waals surface area contributed by atoms with E-state index in [-0.39, 0.29) is 12.6 Å². The van der Waals surface area contributed by atoms with Crippen LogP contribution in [0.15, 0.2) is 61.1 Å². The summed E-state index contributed by atoms with van der Waals surface area (Å²) in [5, 5.41) is 1.10. The summed E-state index contributed by atoms with van der Waals surface area (Å²) in [5.74, 6) is 3.26. The lowest BCUT2D eigenvalue weighted by Crippen LogP contribution is -2.17. The number of fused-ring (bicyclic) bond motifs is 3.